The zero-order valence-corrected chi connectivity index (χ0v) is 17.5. The summed E-state index contributed by atoms with van der Waals surface area (Å²) in [6, 6.07) is 14.3. The second-order valence-corrected chi connectivity index (χ2v) is 8.24. The maximum Gasteiger partial charge on any atom is 0.409 e. The van der Waals surface area contributed by atoms with Gasteiger partial charge in [0.25, 0.3) is 5.91 Å². The Morgan fingerprint density at radius 2 is 1.81 bits per heavy atom. The number of fused-ring (bicyclic) bond motifs is 2. The van der Waals surface area contributed by atoms with Gasteiger partial charge in [0.1, 0.15) is 11.0 Å². The van der Waals surface area contributed by atoms with Gasteiger partial charge in [0.2, 0.25) is 6.23 Å². The Morgan fingerprint density at radius 1 is 1.03 bits per heavy atom. The van der Waals surface area contributed by atoms with Gasteiger partial charge in [-0.05, 0) is 43.2 Å². The molecule has 1 atom stereocenters. The van der Waals surface area contributed by atoms with Gasteiger partial charge in [0, 0.05) is 22.6 Å². The lowest BCUT2D eigenvalue weighted by atomic mass is 9.96. The number of halogens is 1. The Hall–Kier alpha value is -3.19. The van der Waals surface area contributed by atoms with Crippen LogP contribution in [0.1, 0.15) is 54.3 Å². The second kappa shape index (κ2) is 8.15. The average Bonchev–Trinajstić information content (AvgIpc) is 3.05. The van der Waals surface area contributed by atoms with Crippen LogP contribution in [0, 0.1) is 0 Å². The summed E-state index contributed by atoms with van der Waals surface area (Å²) < 4.78 is 5.78. The topological polar surface area (TPSA) is 84.4 Å². The molecular formula is C23H21ClN4O3. The van der Waals surface area contributed by atoms with E-state index >= 15 is 0 Å². The number of benzene rings is 1. The van der Waals surface area contributed by atoms with Crippen molar-refractivity contribution in [3.63, 3.8) is 0 Å². The molecule has 8 heteroatoms. The van der Waals surface area contributed by atoms with Crippen LogP contribution in [-0.2, 0) is 4.74 Å². The molecule has 1 unspecified atom stereocenters. The highest BCUT2D eigenvalue weighted by Gasteiger charge is 2.41. The number of anilines is 1. The molecule has 31 heavy (non-hydrogen) atoms. The van der Waals surface area contributed by atoms with Gasteiger partial charge in [-0.1, -0.05) is 49.1 Å². The lowest BCUT2D eigenvalue weighted by Gasteiger charge is -2.27. The second-order valence-electron chi connectivity index (χ2n) is 7.85. The molecule has 0 radical (unpaired) electrons. The fourth-order valence-electron chi connectivity index (χ4n) is 4.27. The summed E-state index contributed by atoms with van der Waals surface area (Å²) in [5.74, 6) is 0.0684. The van der Waals surface area contributed by atoms with Crippen LogP contribution >= 0.6 is 11.6 Å². The first kappa shape index (κ1) is 19.8. The Kier molecular flexibility index (Phi) is 5.19. The van der Waals surface area contributed by atoms with Crippen molar-refractivity contribution in [2.24, 2.45) is 0 Å². The molecule has 2 amide bonds. The fraction of sp³-hybridized carbons (Fsp3) is 0.304. The summed E-state index contributed by atoms with van der Waals surface area (Å²) in [5.41, 5.74) is 1.53. The molecule has 0 spiro atoms. The standard InChI is InChI=1S/C23H21ClN4O3/c24-18-12-10-14-11-13-19(27-20(14)26-18)28-21(29)16-8-4-5-9-17(16)22(28)31-23(30)25-15-6-2-1-3-7-15/h4-5,8-13,15,22H,1-3,6-7H2,(H,25,30). The maximum atomic E-state index is 13.2. The number of carbonyl (C=O) groups excluding carboxylic acids is 2. The number of nitrogens with zero attached hydrogens (tertiary/aromatic N) is 3. The molecule has 1 aliphatic heterocycles. The van der Waals surface area contributed by atoms with Crippen molar-refractivity contribution < 1.29 is 14.3 Å². The van der Waals surface area contributed by atoms with Crippen LogP contribution in [-0.4, -0.2) is 28.0 Å². The van der Waals surface area contributed by atoms with Crippen LogP contribution in [0.4, 0.5) is 10.6 Å². The first-order valence-corrected chi connectivity index (χ1v) is 10.8. The van der Waals surface area contributed by atoms with Crippen LogP contribution in [0.15, 0.2) is 48.5 Å². The molecule has 158 valence electrons. The van der Waals surface area contributed by atoms with E-state index in [-0.39, 0.29) is 11.9 Å². The number of rotatable bonds is 3. The number of nitrogens with one attached hydrogen (secondary N) is 1. The molecule has 2 aliphatic rings. The molecule has 1 aliphatic carbocycles. The molecule has 5 rings (SSSR count). The highest BCUT2D eigenvalue weighted by molar-refractivity contribution is 6.29. The van der Waals surface area contributed by atoms with Crippen molar-refractivity contribution in [3.05, 3.63) is 64.8 Å². The first-order chi connectivity index (χ1) is 15.1. The van der Waals surface area contributed by atoms with Crippen molar-refractivity contribution in [2.45, 2.75) is 44.4 Å². The van der Waals surface area contributed by atoms with Crippen LogP contribution in [0.5, 0.6) is 0 Å². The largest absolute Gasteiger partial charge is 0.420 e. The maximum absolute atomic E-state index is 13.2. The van der Waals surface area contributed by atoms with Gasteiger partial charge < -0.3 is 10.1 Å². The summed E-state index contributed by atoms with van der Waals surface area (Å²) in [6.07, 6.45) is 3.83. The number of hydrogen-bond acceptors (Lipinski definition) is 5. The van der Waals surface area contributed by atoms with Crippen molar-refractivity contribution in [1.82, 2.24) is 15.3 Å². The molecule has 0 saturated heterocycles. The number of carbonyl (C=O) groups is 2. The van der Waals surface area contributed by atoms with E-state index in [1.165, 1.54) is 11.3 Å². The highest BCUT2D eigenvalue weighted by Crippen LogP contribution is 2.38. The summed E-state index contributed by atoms with van der Waals surface area (Å²) in [5, 5.41) is 4.06. The minimum absolute atomic E-state index is 0.104. The summed E-state index contributed by atoms with van der Waals surface area (Å²) >= 11 is 6.01. The molecule has 2 aromatic heterocycles. The van der Waals surface area contributed by atoms with E-state index in [0.29, 0.717) is 27.7 Å². The molecule has 7 nitrogen and oxygen atoms in total. The summed E-state index contributed by atoms with van der Waals surface area (Å²) in [4.78, 5) is 36.1. The van der Waals surface area contributed by atoms with Crippen LogP contribution in [0.25, 0.3) is 11.0 Å². The Bertz CT molecular complexity index is 1160. The third-order valence-corrected chi connectivity index (χ3v) is 6.02. The monoisotopic (exact) mass is 436 g/mol. The normalized spacial score (nSPS) is 18.8. The van der Waals surface area contributed by atoms with Crippen LogP contribution < -0.4 is 10.2 Å². The van der Waals surface area contributed by atoms with Crippen LogP contribution in [0.3, 0.4) is 0 Å². The minimum Gasteiger partial charge on any atom is -0.420 e. The summed E-state index contributed by atoms with van der Waals surface area (Å²) in [7, 11) is 0. The van der Waals surface area contributed by atoms with E-state index in [1.54, 1.807) is 30.3 Å². The predicted octanol–water partition coefficient (Wildman–Crippen LogP) is 5.00. The number of hydrogen-bond donors (Lipinski definition) is 1. The molecule has 1 fully saturated rings. The molecular weight excluding hydrogens is 416 g/mol. The Morgan fingerprint density at radius 3 is 2.65 bits per heavy atom. The Labute approximate surface area is 184 Å². The Balaban J connectivity index is 1.47. The lowest BCUT2D eigenvalue weighted by Crippen LogP contribution is -2.39. The molecule has 3 aromatic rings. The van der Waals surface area contributed by atoms with Gasteiger partial charge in [0.05, 0.1) is 0 Å². The van der Waals surface area contributed by atoms with Gasteiger partial charge >= 0.3 is 6.09 Å². The number of pyridine rings is 2. The van der Waals surface area contributed by atoms with E-state index in [1.807, 2.05) is 18.2 Å². The zero-order chi connectivity index (χ0) is 21.4. The minimum atomic E-state index is -0.906. The SMILES string of the molecule is O=C(NC1CCCCC1)OC1c2ccccc2C(=O)N1c1ccc2ccc(Cl)nc2n1. The number of alkyl carbamates (subject to hydrolysis) is 1. The highest BCUT2D eigenvalue weighted by atomic mass is 35.5. The van der Waals surface area contributed by atoms with E-state index < -0.39 is 12.3 Å². The van der Waals surface area contributed by atoms with Gasteiger partial charge in [0.15, 0.2) is 5.65 Å². The summed E-state index contributed by atoms with van der Waals surface area (Å²) in [6.45, 7) is 0. The number of ether oxygens (including phenoxy) is 1. The fourth-order valence-corrected chi connectivity index (χ4v) is 4.41. The molecule has 1 aromatic carbocycles. The van der Waals surface area contributed by atoms with Crippen molar-refractivity contribution in [1.29, 1.82) is 0 Å². The van der Waals surface area contributed by atoms with E-state index in [9.17, 15) is 9.59 Å². The van der Waals surface area contributed by atoms with Gasteiger partial charge in [-0.2, -0.15) is 0 Å². The third-order valence-electron chi connectivity index (χ3n) is 5.81. The zero-order valence-electron chi connectivity index (χ0n) is 16.8. The van der Waals surface area contributed by atoms with Gasteiger partial charge in [-0.15, -0.1) is 0 Å². The van der Waals surface area contributed by atoms with E-state index in [2.05, 4.69) is 15.3 Å². The van der Waals surface area contributed by atoms with E-state index in [4.69, 9.17) is 16.3 Å². The van der Waals surface area contributed by atoms with Crippen molar-refractivity contribution in [2.75, 3.05) is 4.90 Å². The number of amides is 2. The van der Waals surface area contributed by atoms with Crippen molar-refractivity contribution >= 4 is 40.5 Å². The van der Waals surface area contributed by atoms with Crippen LogP contribution in [0.2, 0.25) is 5.15 Å². The lowest BCUT2D eigenvalue weighted by molar-refractivity contribution is 0.0811. The molecule has 1 N–H and O–H groups in total. The van der Waals surface area contributed by atoms with E-state index in [0.717, 1.165) is 31.1 Å². The quantitative estimate of drug-likeness (QED) is 0.584. The molecule has 3 heterocycles. The first-order valence-electron chi connectivity index (χ1n) is 10.4. The van der Waals surface area contributed by atoms with Gasteiger partial charge in [-0.25, -0.2) is 14.8 Å². The smallest absolute Gasteiger partial charge is 0.409 e. The average molecular weight is 437 g/mol. The predicted molar refractivity (Wildman–Crippen MR) is 117 cm³/mol. The molecule has 0 bridgehead atoms. The van der Waals surface area contributed by atoms with Crippen molar-refractivity contribution in [3.8, 4) is 0 Å². The van der Waals surface area contributed by atoms with Gasteiger partial charge in [-0.3, -0.25) is 9.69 Å². The third kappa shape index (κ3) is 3.81. The number of aromatic nitrogens is 2. The molecule has 1 saturated carbocycles.